The van der Waals surface area contributed by atoms with Gasteiger partial charge in [-0.25, -0.2) is 0 Å². The number of hydrogen-bond donors (Lipinski definition) is 0. The van der Waals surface area contributed by atoms with Crippen molar-refractivity contribution in [3.8, 4) is 0 Å². The maximum atomic E-state index is 2.19. The summed E-state index contributed by atoms with van der Waals surface area (Å²) in [6.07, 6.45) is 9.00. The second-order valence-electron chi connectivity index (χ2n) is 4.24. The molecule has 0 aromatic heterocycles. The summed E-state index contributed by atoms with van der Waals surface area (Å²) < 4.78 is 0. The quantitative estimate of drug-likeness (QED) is 0.688. The third-order valence-electron chi connectivity index (χ3n) is 2.82. The molecule has 0 radical (unpaired) electrons. The number of hydrogen-bond acceptors (Lipinski definition) is 1. The predicted octanol–water partition coefficient (Wildman–Crippen LogP) is 5.28. The lowest BCUT2D eigenvalue weighted by atomic mass is 10.0. The summed E-state index contributed by atoms with van der Waals surface area (Å²) in [5, 5.41) is 0. The van der Waals surface area contributed by atoms with Crippen LogP contribution in [0, 0.1) is 0 Å². The molecular formula is C15H24S. The molecular weight excluding hydrogens is 212 g/mol. The fraction of sp³-hybridized carbons (Fsp3) is 0.600. The summed E-state index contributed by atoms with van der Waals surface area (Å²) in [6, 6.07) is 10.6. The lowest BCUT2D eigenvalue weighted by molar-refractivity contribution is 0.504. The van der Waals surface area contributed by atoms with Gasteiger partial charge in [-0.15, -0.1) is 0 Å². The van der Waals surface area contributed by atoms with Crippen molar-refractivity contribution in [2.45, 2.75) is 51.2 Å². The van der Waals surface area contributed by atoms with Gasteiger partial charge in [-0.05, 0) is 11.3 Å². The number of rotatable bonds is 3. The molecule has 0 bridgehead atoms. The first-order chi connectivity index (χ1) is 7.93. The Hall–Kier alpha value is -0.430. The Morgan fingerprint density at radius 3 is 1.81 bits per heavy atom. The van der Waals surface area contributed by atoms with Crippen molar-refractivity contribution in [2.75, 3.05) is 5.75 Å². The summed E-state index contributed by atoms with van der Waals surface area (Å²) in [6.45, 7) is 2.19. The van der Waals surface area contributed by atoms with Crippen LogP contribution in [0.2, 0.25) is 0 Å². The fourth-order valence-electron chi connectivity index (χ4n) is 1.85. The molecule has 0 amide bonds. The number of thioether (sulfide) groups is 1. The highest BCUT2D eigenvalue weighted by Crippen LogP contribution is 2.15. The van der Waals surface area contributed by atoms with Gasteiger partial charge in [-0.2, -0.15) is 11.8 Å². The summed E-state index contributed by atoms with van der Waals surface area (Å²) >= 11 is 1.96. The second-order valence-corrected chi connectivity index (χ2v) is 5.52. The summed E-state index contributed by atoms with van der Waals surface area (Å²) in [4.78, 5) is 0. The van der Waals surface area contributed by atoms with Gasteiger partial charge in [0, 0.05) is 5.75 Å². The Morgan fingerprint density at radius 2 is 1.38 bits per heavy atom. The van der Waals surface area contributed by atoms with Crippen LogP contribution in [0.1, 0.15) is 51.0 Å². The maximum Gasteiger partial charge on any atom is 0.0184 e. The predicted molar refractivity (Wildman–Crippen MR) is 76.0 cm³/mol. The van der Waals surface area contributed by atoms with Crippen LogP contribution in [0.25, 0.3) is 0 Å². The molecule has 1 aromatic rings. The van der Waals surface area contributed by atoms with E-state index in [4.69, 9.17) is 0 Å². The molecule has 1 aliphatic rings. The molecule has 1 saturated carbocycles. The van der Waals surface area contributed by atoms with Gasteiger partial charge in [0.15, 0.2) is 0 Å². The van der Waals surface area contributed by atoms with E-state index in [0.29, 0.717) is 0 Å². The molecule has 0 unspecified atom stereocenters. The lowest BCUT2D eigenvalue weighted by Crippen LogP contribution is -1.85. The third kappa shape index (κ3) is 6.95. The Labute approximate surface area is 105 Å². The van der Waals surface area contributed by atoms with Crippen LogP contribution in [0.4, 0.5) is 0 Å². The first-order valence-electron chi connectivity index (χ1n) is 6.55. The van der Waals surface area contributed by atoms with Crippen molar-refractivity contribution < 1.29 is 0 Å². The normalized spacial score (nSPS) is 15.1. The van der Waals surface area contributed by atoms with Crippen molar-refractivity contribution in [3.63, 3.8) is 0 Å². The summed E-state index contributed by atoms with van der Waals surface area (Å²) in [5.74, 6) is 2.35. The van der Waals surface area contributed by atoms with Gasteiger partial charge in [0.05, 0.1) is 0 Å². The van der Waals surface area contributed by atoms with Crippen molar-refractivity contribution in [1.82, 2.24) is 0 Å². The van der Waals surface area contributed by atoms with Crippen LogP contribution in [-0.4, -0.2) is 5.75 Å². The molecule has 90 valence electrons. The molecule has 0 nitrogen and oxygen atoms in total. The van der Waals surface area contributed by atoms with Gasteiger partial charge in [0.2, 0.25) is 0 Å². The van der Waals surface area contributed by atoms with Crippen LogP contribution in [0.5, 0.6) is 0 Å². The van der Waals surface area contributed by atoms with Gasteiger partial charge in [0.1, 0.15) is 0 Å². The first-order valence-corrected chi connectivity index (χ1v) is 7.70. The maximum absolute atomic E-state index is 2.19. The van der Waals surface area contributed by atoms with Crippen molar-refractivity contribution in [2.24, 2.45) is 0 Å². The molecule has 16 heavy (non-hydrogen) atoms. The van der Waals surface area contributed by atoms with E-state index in [2.05, 4.69) is 37.3 Å². The minimum atomic E-state index is 1.15. The Bertz CT molecular complexity index is 227. The van der Waals surface area contributed by atoms with E-state index in [1.165, 1.54) is 49.8 Å². The molecule has 0 heterocycles. The zero-order valence-corrected chi connectivity index (χ0v) is 11.3. The monoisotopic (exact) mass is 236 g/mol. The van der Waals surface area contributed by atoms with Crippen LogP contribution in [0.3, 0.4) is 0 Å². The molecule has 0 saturated heterocycles. The summed E-state index contributed by atoms with van der Waals surface area (Å²) in [5.41, 5.74) is 1.43. The molecule has 1 aliphatic carbocycles. The van der Waals surface area contributed by atoms with E-state index in [-0.39, 0.29) is 0 Å². The Morgan fingerprint density at radius 1 is 0.875 bits per heavy atom. The molecule has 0 aliphatic heterocycles. The largest absolute Gasteiger partial charge is 0.157 e. The highest BCUT2D eigenvalue weighted by atomic mass is 32.2. The Kier molecular flexibility index (Phi) is 8.33. The highest BCUT2D eigenvalue weighted by molar-refractivity contribution is 7.98. The topological polar surface area (TPSA) is 0 Å². The van der Waals surface area contributed by atoms with Crippen LogP contribution in [0.15, 0.2) is 30.3 Å². The molecule has 0 N–H and O–H groups in total. The molecule has 0 spiro atoms. The van der Waals surface area contributed by atoms with Crippen LogP contribution in [-0.2, 0) is 5.75 Å². The standard InChI is InChI=1S/C9H12S.C6H12/c1-2-10-8-9-6-4-3-5-7-9;1-2-4-6-5-3-1/h3-7H,2,8H2,1H3;1-6H2. The average molecular weight is 236 g/mol. The van der Waals surface area contributed by atoms with E-state index >= 15 is 0 Å². The van der Waals surface area contributed by atoms with Crippen LogP contribution < -0.4 is 0 Å². The number of benzene rings is 1. The van der Waals surface area contributed by atoms with E-state index in [9.17, 15) is 0 Å². The molecule has 2 rings (SSSR count). The van der Waals surface area contributed by atoms with Gasteiger partial charge in [0.25, 0.3) is 0 Å². The molecule has 1 aromatic carbocycles. The van der Waals surface area contributed by atoms with Crippen LogP contribution >= 0.6 is 11.8 Å². The Balaban J connectivity index is 0.000000181. The van der Waals surface area contributed by atoms with Crippen molar-refractivity contribution >= 4 is 11.8 Å². The third-order valence-corrected chi connectivity index (χ3v) is 3.76. The van der Waals surface area contributed by atoms with Gasteiger partial charge >= 0.3 is 0 Å². The fourth-order valence-corrected chi connectivity index (χ4v) is 2.49. The van der Waals surface area contributed by atoms with Crippen molar-refractivity contribution in [3.05, 3.63) is 35.9 Å². The van der Waals surface area contributed by atoms with E-state index in [0.717, 1.165) is 5.75 Å². The minimum Gasteiger partial charge on any atom is -0.157 e. The van der Waals surface area contributed by atoms with Gasteiger partial charge in [-0.3, -0.25) is 0 Å². The highest BCUT2D eigenvalue weighted by Gasteiger charge is 1.95. The molecule has 1 heteroatoms. The zero-order chi connectivity index (χ0) is 11.5. The molecule has 1 fully saturated rings. The summed E-state index contributed by atoms with van der Waals surface area (Å²) in [7, 11) is 0. The molecule has 0 atom stereocenters. The second kappa shape index (κ2) is 9.77. The van der Waals surface area contributed by atoms with Crippen molar-refractivity contribution in [1.29, 1.82) is 0 Å². The van der Waals surface area contributed by atoms with Gasteiger partial charge < -0.3 is 0 Å². The van der Waals surface area contributed by atoms with E-state index in [1.54, 1.807) is 0 Å². The minimum absolute atomic E-state index is 1.15. The lowest BCUT2D eigenvalue weighted by Gasteiger charge is -2.05. The smallest absolute Gasteiger partial charge is 0.0184 e. The van der Waals surface area contributed by atoms with E-state index < -0.39 is 0 Å². The first kappa shape index (κ1) is 13.6. The van der Waals surface area contributed by atoms with E-state index in [1.807, 2.05) is 11.8 Å². The SMILES string of the molecule is C1CCCCC1.CCSCc1ccccc1. The zero-order valence-electron chi connectivity index (χ0n) is 10.5. The van der Waals surface area contributed by atoms with Gasteiger partial charge in [-0.1, -0.05) is 75.8 Å². The average Bonchev–Trinajstić information content (AvgIpc) is 2.40.